The second kappa shape index (κ2) is 10.6. The summed E-state index contributed by atoms with van der Waals surface area (Å²) < 4.78 is 5.16. The minimum absolute atomic E-state index is 0.109. The fourth-order valence-electron chi connectivity index (χ4n) is 2.87. The first-order valence-corrected chi connectivity index (χ1v) is 10.4. The Hall–Kier alpha value is -2.73. The number of rotatable bonds is 10. The Morgan fingerprint density at radius 3 is 2.75 bits per heavy atom. The number of nitrogens with one attached hydrogen (secondary N) is 1. The Balaban J connectivity index is 1.31. The van der Waals surface area contributed by atoms with Crippen LogP contribution in [0.15, 0.2) is 54.2 Å². The van der Waals surface area contributed by atoms with Crippen LogP contribution in [0.4, 0.5) is 0 Å². The summed E-state index contributed by atoms with van der Waals surface area (Å²) in [5, 5.41) is 6.00. The molecule has 0 unspecified atom stereocenters. The zero-order valence-electron chi connectivity index (χ0n) is 16.1. The number of pyridine rings is 1. The molecule has 1 N–H and O–H groups in total. The lowest BCUT2D eigenvalue weighted by molar-refractivity contribution is -0.121. The maximum atomic E-state index is 12.0. The molecule has 1 amide bonds. The maximum absolute atomic E-state index is 12.0. The first-order valence-electron chi connectivity index (χ1n) is 9.49. The lowest BCUT2D eigenvalue weighted by atomic mass is 10.1. The first kappa shape index (κ1) is 20.0. The first-order chi connectivity index (χ1) is 13.7. The van der Waals surface area contributed by atoms with Crippen molar-refractivity contribution >= 4 is 17.2 Å². The molecule has 28 heavy (non-hydrogen) atoms. The zero-order chi connectivity index (χ0) is 19.6. The van der Waals surface area contributed by atoms with Crippen molar-refractivity contribution in [2.24, 2.45) is 0 Å². The van der Waals surface area contributed by atoms with Crippen LogP contribution in [0.5, 0.6) is 5.75 Å². The molecule has 3 rings (SSSR count). The monoisotopic (exact) mass is 395 g/mol. The van der Waals surface area contributed by atoms with Gasteiger partial charge < -0.3 is 10.1 Å². The van der Waals surface area contributed by atoms with Gasteiger partial charge in [0.05, 0.1) is 12.8 Å². The highest BCUT2D eigenvalue weighted by Crippen LogP contribution is 2.22. The lowest BCUT2D eigenvalue weighted by Gasteiger charge is -2.05. The van der Waals surface area contributed by atoms with Gasteiger partial charge in [-0.25, -0.2) is 4.98 Å². The van der Waals surface area contributed by atoms with Crippen LogP contribution in [0.2, 0.25) is 0 Å². The smallest absolute Gasteiger partial charge is 0.220 e. The van der Waals surface area contributed by atoms with Crippen LogP contribution in [-0.4, -0.2) is 29.5 Å². The average Bonchev–Trinajstić information content (AvgIpc) is 3.21. The number of carbonyl (C=O) groups excluding carboxylic acids is 1. The molecule has 1 aromatic carbocycles. The van der Waals surface area contributed by atoms with Crippen molar-refractivity contribution in [3.8, 4) is 16.3 Å². The zero-order valence-corrected chi connectivity index (χ0v) is 16.9. The molecule has 2 aromatic heterocycles. The molecule has 0 bridgehead atoms. The number of unbranched alkanes of at least 4 members (excludes halogenated alkanes) is 1. The van der Waals surface area contributed by atoms with Crippen LogP contribution >= 0.6 is 11.3 Å². The van der Waals surface area contributed by atoms with Crippen LogP contribution < -0.4 is 10.1 Å². The molecule has 5 nitrogen and oxygen atoms in total. The van der Waals surface area contributed by atoms with E-state index in [4.69, 9.17) is 4.74 Å². The van der Waals surface area contributed by atoms with E-state index in [9.17, 15) is 4.79 Å². The minimum Gasteiger partial charge on any atom is -0.497 e. The Morgan fingerprint density at radius 1 is 1.14 bits per heavy atom. The molecule has 0 aliphatic heterocycles. The largest absolute Gasteiger partial charge is 0.497 e. The van der Waals surface area contributed by atoms with Crippen LogP contribution in [0.1, 0.15) is 30.5 Å². The van der Waals surface area contributed by atoms with Gasteiger partial charge in [0.2, 0.25) is 5.91 Å². The number of benzene rings is 1. The van der Waals surface area contributed by atoms with E-state index in [1.54, 1.807) is 24.6 Å². The van der Waals surface area contributed by atoms with E-state index in [-0.39, 0.29) is 5.91 Å². The summed E-state index contributed by atoms with van der Waals surface area (Å²) in [4.78, 5) is 20.7. The summed E-state index contributed by atoms with van der Waals surface area (Å²) in [5.41, 5.74) is 3.30. The number of aryl methyl sites for hydroxylation is 1. The van der Waals surface area contributed by atoms with Crippen molar-refractivity contribution in [1.29, 1.82) is 0 Å². The summed E-state index contributed by atoms with van der Waals surface area (Å²) in [5.74, 6) is 0.980. The maximum Gasteiger partial charge on any atom is 0.220 e. The van der Waals surface area contributed by atoms with Gasteiger partial charge in [0, 0.05) is 42.7 Å². The van der Waals surface area contributed by atoms with Crippen molar-refractivity contribution in [3.05, 3.63) is 65.4 Å². The molecular weight excluding hydrogens is 370 g/mol. The van der Waals surface area contributed by atoms with Crippen molar-refractivity contribution in [2.75, 3.05) is 13.7 Å². The van der Waals surface area contributed by atoms with Gasteiger partial charge in [-0.05, 0) is 49.1 Å². The predicted molar refractivity (Wildman–Crippen MR) is 113 cm³/mol. The Labute approximate surface area is 169 Å². The van der Waals surface area contributed by atoms with Gasteiger partial charge in [0.15, 0.2) is 0 Å². The second-order valence-corrected chi connectivity index (χ2v) is 7.40. The Morgan fingerprint density at radius 2 is 2.00 bits per heavy atom. The minimum atomic E-state index is 0.109. The fourth-order valence-corrected chi connectivity index (χ4v) is 3.71. The molecule has 146 valence electrons. The summed E-state index contributed by atoms with van der Waals surface area (Å²) in [7, 11) is 1.67. The second-order valence-electron chi connectivity index (χ2n) is 6.54. The molecule has 0 fully saturated rings. The van der Waals surface area contributed by atoms with Gasteiger partial charge in [0.1, 0.15) is 10.8 Å². The standard InChI is InChI=1S/C22H25N3O2S/c1-27-20-10-8-17(9-11-20)5-2-3-7-21(26)24-14-12-19-16-28-22(25-19)18-6-4-13-23-15-18/h4,6,8-11,13,15-16H,2-3,5,7,12,14H2,1H3,(H,24,26). The Kier molecular flexibility index (Phi) is 7.55. The molecular formula is C22H25N3O2S. The number of hydrogen-bond donors (Lipinski definition) is 1. The van der Waals surface area contributed by atoms with E-state index < -0.39 is 0 Å². The summed E-state index contributed by atoms with van der Waals surface area (Å²) in [6.07, 6.45) is 7.75. The normalized spacial score (nSPS) is 10.6. The molecule has 0 spiro atoms. The highest BCUT2D eigenvalue weighted by atomic mass is 32.1. The van der Waals surface area contributed by atoms with Crippen LogP contribution in [0.3, 0.4) is 0 Å². The van der Waals surface area contributed by atoms with Gasteiger partial charge in [-0.2, -0.15) is 0 Å². The molecule has 3 aromatic rings. The lowest BCUT2D eigenvalue weighted by Crippen LogP contribution is -2.25. The third-order valence-corrected chi connectivity index (χ3v) is 5.38. The van der Waals surface area contributed by atoms with E-state index in [2.05, 4.69) is 27.4 Å². The van der Waals surface area contributed by atoms with Crippen molar-refractivity contribution < 1.29 is 9.53 Å². The molecule has 2 heterocycles. The van der Waals surface area contributed by atoms with Gasteiger partial charge in [-0.15, -0.1) is 11.3 Å². The van der Waals surface area contributed by atoms with Crippen molar-refractivity contribution in [1.82, 2.24) is 15.3 Å². The molecule has 0 radical (unpaired) electrons. The van der Waals surface area contributed by atoms with E-state index in [1.165, 1.54) is 5.56 Å². The van der Waals surface area contributed by atoms with Gasteiger partial charge in [-0.1, -0.05) is 12.1 Å². The van der Waals surface area contributed by atoms with E-state index in [1.807, 2.05) is 35.8 Å². The van der Waals surface area contributed by atoms with E-state index >= 15 is 0 Å². The number of nitrogens with zero attached hydrogens (tertiary/aromatic N) is 2. The van der Waals surface area contributed by atoms with E-state index in [0.717, 1.165) is 47.7 Å². The quantitative estimate of drug-likeness (QED) is 0.520. The Bertz CT molecular complexity index is 863. The molecule has 0 atom stereocenters. The van der Waals surface area contributed by atoms with Crippen LogP contribution in [0.25, 0.3) is 10.6 Å². The van der Waals surface area contributed by atoms with Gasteiger partial charge >= 0.3 is 0 Å². The summed E-state index contributed by atoms with van der Waals surface area (Å²) in [6.45, 7) is 0.619. The molecule has 0 aliphatic carbocycles. The summed E-state index contributed by atoms with van der Waals surface area (Å²) in [6, 6.07) is 12.0. The van der Waals surface area contributed by atoms with Crippen molar-refractivity contribution in [2.45, 2.75) is 32.1 Å². The van der Waals surface area contributed by atoms with Crippen LogP contribution in [0, 0.1) is 0 Å². The third-order valence-electron chi connectivity index (χ3n) is 4.44. The highest BCUT2D eigenvalue weighted by molar-refractivity contribution is 7.13. The summed E-state index contributed by atoms with van der Waals surface area (Å²) >= 11 is 1.61. The molecule has 0 aliphatic rings. The van der Waals surface area contributed by atoms with Gasteiger partial charge in [-0.3, -0.25) is 9.78 Å². The average molecular weight is 396 g/mol. The topological polar surface area (TPSA) is 64.1 Å². The van der Waals surface area contributed by atoms with Crippen LogP contribution in [-0.2, 0) is 17.6 Å². The number of amides is 1. The highest BCUT2D eigenvalue weighted by Gasteiger charge is 2.06. The third kappa shape index (κ3) is 6.16. The molecule has 6 heteroatoms. The number of ether oxygens (including phenoxy) is 1. The SMILES string of the molecule is COc1ccc(CCCCC(=O)NCCc2csc(-c3cccnc3)n2)cc1. The number of methoxy groups -OCH3 is 1. The van der Waals surface area contributed by atoms with E-state index in [0.29, 0.717) is 13.0 Å². The number of thiazole rings is 1. The number of carbonyl (C=O) groups is 1. The molecule has 0 saturated carbocycles. The van der Waals surface area contributed by atoms with Crippen molar-refractivity contribution in [3.63, 3.8) is 0 Å². The van der Waals surface area contributed by atoms with Gasteiger partial charge in [0.25, 0.3) is 0 Å². The number of aromatic nitrogens is 2. The molecule has 0 saturated heterocycles. The fraction of sp³-hybridized carbons (Fsp3) is 0.318. The predicted octanol–water partition coefficient (Wildman–Crippen LogP) is 4.29. The number of hydrogen-bond acceptors (Lipinski definition) is 5.